The average molecular weight is 255 g/mol. The summed E-state index contributed by atoms with van der Waals surface area (Å²) in [5.74, 6) is 0.616. The van der Waals surface area contributed by atoms with Crippen molar-refractivity contribution in [3.63, 3.8) is 0 Å². The Labute approximate surface area is 93.4 Å². The number of hydrogen-bond donors (Lipinski definition) is 1. The summed E-state index contributed by atoms with van der Waals surface area (Å²) in [6, 6.07) is 6.24. The number of benzene rings is 1. The van der Waals surface area contributed by atoms with Crippen molar-refractivity contribution in [3.05, 3.63) is 33.8 Å². The molecule has 0 spiro atoms. The number of nitrogens with two attached hydrogens (primary N) is 1. The van der Waals surface area contributed by atoms with Crippen LogP contribution < -0.4 is 5.73 Å². The predicted molar refractivity (Wildman–Crippen MR) is 64.7 cm³/mol. The van der Waals surface area contributed by atoms with Gasteiger partial charge in [0.05, 0.1) is 0 Å². The van der Waals surface area contributed by atoms with Gasteiger partial charge >= 0.3 is 0 Å². The Morgan fingerprint density at radius 2 is 2.07 bits per heavy atom. The molecule has 0 saturated heterocycles. The van der Waals surface area contributed by atoms with Gasteiger partial charge in [0.1, 0.15) is 5.84 Å². The van der Waals surface area contributed by atoms with E-state index in [0.717, 1.165) is 15.6 Å². The van der Waals surface area contributed by atoms with Crippen molar-refractivity contribution in [3.8, 4) is 0 Å². The zero-order valence-corrected chi connectivity index (χ0v) is 10.3. The van der Waals surface area contributed by atoms with Crippen LogP contribution in [0.2, 0.25) is 0 Å². The SMILES string of the molecule is Cc1cc(Br)ccc1C(N)=NC(C)C. The Bertz CT molecular complexity index is 356. The van der Waals surface area contributed by atoms with Gasteiger partial charge in [-0.15, -0.1) is 0 Å². The molecule has 2 N–H and O–H groups in total. The van der Waals surface area contributed by atoms with Crippen molar-refractivity contribution in [2.24, 2.45) is 10.7 Å². The maximum absolute atomic E-state index is 5.88. The van der Waals surface area contributed by atoms with E-state index in [1.807, 2.05) is 39.0 Å². The van der Waals surface area contributed by atoms with Gasteiger partial charge in [-0.3, -0.25) is 4.99 Å². The third-order valence-corrected chi connectivity index (χ3v) is 2.35. The van der Waals surface area contributed by atoms with Gasteiger partial charge in [-0.25, -0.2) is 0 Å². The minimum absolute atomic E-state index is 0.234. The van der Waals surface area contributed by atoms with Crippen LogP contribution in [0, 0.1) is 6.92 Å². The van der Waals surface area contributed by atoms with Crippen LogP contribution in [-0.2, 0) is 0 Å². The third-order valence-electron chi connectivity index (χ3n) is 1.86. The van der Waals surface area contributed by atoms with Crippen molar-refractivity contribution in [1.82, 2.24) is 0 Å². The molecule has 0 atom stereocenters. The summed E-state index contributed by atoms with van der Waals surface area (Å²) in [6.45, 7) is 6.06. The molecule has 1 aromatic carbocycles. The molecule has 14 heavy (non-hydrogen) atoms. The molecule has 0 amide bonds. The van der Waals surface area contributed by atoms with E-state index in [1.165, 1.54) is 0 Å². The molecule has 0 fully saturated rings. The van der Waals surface area contributed by atoms with E-state index in [4.69, 9.17) is 5.73 Å². The Hall–Kier alpha value is -0.830. The van der Waals surface area contributed by atoms with E-state index in [1.54, 1.807) is 0 Å². The maximum atomic E-state index is 5.88. The first-order chi connectivity index (χ1) is 6.50. The Balaban J connectivity index is 3.07. The Morgan fingerprint density at radius 1 is 1.43 bits per heavy atom. The van der Waals surface area contributed by atoms with Gasteiger partial charge in [-0.2, -0.15) is 0 Å². The largest absolute Gasteiger partial charge is 0.383 e. The molecule has 0 unspecified atom stereocenters. The fourth-order valence-corrected chi connectivity index (χ4v) is 1.74. The number of rotatable bonds is 2. The summed E-state index contributed by atoms with van der Waals surface area (Å²) < 4.78 is 1.07. The second kappa shape index (κ2) is 4.60. The molecular formula is C11H15BrN2. The lowest BCUT2D eigenvalue weighted by Crippen LogP contribution is -2.16. The van der Waals surface area contributed by atoms with Gasteiger partial charge in [-0.1, -0.05) is 15.9 Å². The molecule has 0 radical (unpaired) electrons. The summed E-state index contributed by atoms with van der Waals surface area (Å²) >= 11 is 3.42. The minimum atomic E-state index is 0.234. The highest BCUT2D eigenvalue weighted by Crippen LogP contribution is 2.15. The monoisotopic (exact) mass is 254 g/mol. The summed E-state index contributed by atoms with van der Waals surface area (Å²) in [5, 5.41) is 0. The second-order valence-corrected chi connectivity index (χ2v) is 4.48. The number of amidine groups is 1. The van der Waals surface area contributed by atoms with Crippen molar-refractivity contribution < 1.29 is 0 Å². The molecule has 0 aliphatic heterocycles. The first-order valence-electron chi connectivity index (χ1n) is 4.60. The number of hydrogen-bond acceptors (Lipinski definition) is 1. The molecule has 3 heteroatoms. The second-order valence-electron chi connectivity index (χ2n) is 3.57. The standard InChI is InChI=1S/C11H15BrN2/c1-7(2)14-11(13)10-5-4-9(12)6-8(10)3/h4-7H,1-3H3,(H2,13,14). The zero-order chi connectivity index (χ0) is 10.7. The van der Waals surface area contributed by atoms with Crippen LogP contribution in [0.3, 0.4) is 0 Å². The van der Waals surface area contributed by atoms with Crippen LogP contribution >= 0.6 is 15.9 Å². The molecular weight excluding hydrogens is 240 g/mol. The summed E-state index contributed by atoms with van der Waals surface area (Å²) in [6.07, 6.45) is 0. The normalized spacial score (nSPS) is 12.2. The third kappa shape index (κ3) is 2.84. The van der Waals surface area contributed by atoms with Crippen molar-refractivity contribution in [1.29, 1.82) is 0 Å². The van der Waals surface area contributed by atoms with E-state index < -0.39 is 0 Å². The smallest absolute Gasteiger partial charge is 0.126 e. The molecule has 2 nitrogen and oxygen atoms in total. The highest BCUT2D eigenvalue weighted by atomic mass is 79.9. The van der Waals surface area contributed by atoms with Gasteiger partial charge in [0.2, 0.25) is 0 Å². The maximum Gasteiger partial charge on any atom is 0.126 e. The molecule has 0 saturated carbocycles. The summed E-state index contributed by atoms with van der Waals surface area (Å²) in [7, 11) is 0. The van der Waals surface area contributed by atoms with Gasteiger partial charge < -0.3 is 5.73 Å². The molecule has 0 aliphatic rings. The van der Waals surface area contributed by atoms with Gasteiger partial charge in [0, 0.05) is 16.1 Å². The average Bonchev–Trinajstić information content (AvgIpc) is 2.01. The van der Waals surface area contributed by atoms with E-state index in [-0.39, 0.29) is 6.04 Å². The van der Waals surface area contributed by atoms with E-state index in [9.17, 15) is 0 Å². The van der Waals surface area contributed by atoms with Crippen LogP contribution in [0.15, 0.2) is 27.7 Å². The minimum Gasteiger partial charge on any atom is -0.383 e. The zero-order valence-electron chi connectivity index (χ0n) is 8.71. The lowest BCUT2D eigenvalue weighted by atomic mass is 10.1. The van der Waals surface area contributed by atoms with E-state index >= 15 is 0 Å². The fourth-order valence-electron chi connectivity index (χ4n) is 1.26. The quantitative estimate of drug-likeness (QED) is 0.640. The molecule has 1 aromatic rings. The molecule has 76 valence electrons. The Morgan fingerprint density at radius 3 is 2.57 bits per heavy atom. The van der Waals surface area contributed by atoms with Crippen molar-refractivity contribution in [2.75, 3.05) is 0 Å². The van der Waals surface area contributed by atoms with Crippen LogP contribution in [0.1, 0.15) is 25.0 Å². The van der Waals surface area contributed by atoms with Crippen molar-refractivity contribution >= 4 is 21.8 Å². The predicted octanol–water partition coefficient (Wildman–Crippen LogP) is 2.87. The molecule has 0 aromatic heterocycles. The topological polar surface area (TPSA) is 38.4 Å². The highest BCUT2D eigenvalue weighted by molar-refractivity contribution is 9.10. The first-order valence-corrected chi connectivity index (χ1v) is 5.40. The van der Waals surface area contributed by atoms with Crippen molar-refractivity contribution in [2.45, 2.75) is 26.8 Å². The Kier molecular flexibility index (Phi) is 3.69. The molecule has 0 bridgehead atoms. The van der Waals surface area contributed by atoms with E-state index in [0.29, 0.717) is 5.84 Å². The highest BCUT2D eigenvalue weighted by Gasteiger charge is 2.03. The number of halogens is 1. The number of aliphatic imine (C=N–C) groups is 1. The lowest BCUT2D eigenvalue weighted by molar-refractivity contribution is 0.834. The molecule has 1 rings (SSSR count). The summed E-state index contributed by atoms with van der Waals surface area (Å²) in [4.78, 5) is 4.32. The molecule has 0 aliphatic carbocycles. The van der Waals surface area contributed by atoms with Crippen LogP contribution in [-0.4, -0.2) is 11.9 Å². The fraction of sp³-hybridized carbons (Fsp3) is 0.364. The van der Waals surface area contributed by atoms with Crippen LogP contribution in [0.25, 0.3) is 0 Å². The summed E-state index contributed by atoms with van der Waals surface area (Å²) in [5.41, 5.74) is 8.04. The van der Waals surface area contributed by atoms with Gasteiger partial charge in [-0.05, 0) is 44.5 Å². The number of aryl methyl sites for hydroxylation is 1. The van der Waals surface area contributed by atoms with Gasteiger partial charge in [0.15, 0.2) is 0 Å². The molecule has 0 heterocycles. The van der Waals surface area contributed by atoms with Crippen LogP contribution in [0.5, 0.6) is 0 Å². The van der Waals surface area contributed by atoms with Gasteiger partial charge in [0.25, 0.3) is 0 Å². The lowest BCUT2D eigenvalue weighted by Gasteiger charge is -2.07. The van der Waals surface area contributed by atoms with Crippen LogP contribution in [0.4, 0.5) is 0 Å². The number of nitrogens with zero attached hydrogens (tertiary/aromatic N) is 1. The van der Waals surface area contributed by atoms with E-state index in [2.05, 4.69) is 20.9 Å². The first kappa shape index (κ1) is 11.2.